The van der Waals surface area contributed by atoms with Crippen molar-refractivity contribution >= 4 is 45.7 Å². The molecule has 0 saturated heterocycles. The quantitative estimate of drug-likeness (QED) is 0.799. The van der Waals surface area contributed by atoms with E-state index in [4.69, 9.17) is 22.1 Å². The average Bonchev–Trinajstić information content (AvgIpc) is 3.06. The Labute approximate surface area is 152 Å². The largest absolute Gasteiger partial charge is 0.457 e. The molecular weight excluding hydrogens is 364 g/mol. The number of rotatable bonds is 4. The smallest absolute Gasteiger partial charge is 0.341 e. The van der Waals surface area contributed by atoms with Crippen LogP contribution in [0.4, 0.5) is 5.00 Å². The summed E-state index contributed by atoms with van der Waals surface area (Å²) in [7, 11) is 0. The third-order valence-electron chi connectivity index (χ3n) is 3.96. The van der Waals surface area contributed by atoms with Crippen LogP contribution in [0.3, 0.4) is 0 Å². The van der Waals surface area contributed by atoms with Gasteiger partial charge in [-0.25, -0.2) is 4.79 Å². The maximum atomic E-state index is 12.6. The van der Waals surface area contributed by atoms with E-state index in [-0.39, 0.29) is 11.5 Å². The molecule has 0 aliphatic heterocycles. The highest BCUT2D eigenvalue weighted by atomic mass is 35.5. The molecule has 2 aromatic rings. The molecule has 0 radical (unpaired) electrons. The summed E-state index contributed by atoms with van der Waals surface area (Å²) in [5, 5.41) is 2.87. The van der Waals surface area contributed by atoms with Crippen molar-refractivity contribution in [2.24, 2.45) is 5.73 Å². The van der Waals surface area contributed by atoms with E-state index in [2.05, 4.69) is 5.32 Å². The first-order valence-corrected chi connectivity index (χ1v) is 8.71. The van der Waals surface area contributed by atoms with Gasteiger partial charge in [0.1, 0.15) is 17.0 Å². The van der Waals surface area contributed by atoms with Gasteiger partial charge in [-0.2, -0.15) is 0 Å². The number of amides is 2. The second-order valence-corrected chi connectivity index (χ2v) is 7.38. The molecule has 0 bridgehead atoms. The molecule has 0 fully saturated rings. The van der Waals surface area contributed by atoms with Crippen LogP contribution in [0.15, 0.2) is 30.3 Å². The fourth-order valence-corrected chi connectivity index (χ4v) is 4.13. The van der Waals surface area contributed by atoms with E-state index in [1.165, 1.54) is 13.0 Å². The van der Waals surface area contributed by atoms with Crippen LogP contribution >= 0.6 is 22.9 Å². The molecule has 25 heavy (non-hydrogen) atoms. The number of nitrogens with one attached hydrogen (secondary N) is 1. The Morgan fingerprint density at radius 3 is 2.72 bits per heavy atom. The molecule has 3 N–H and O–H groups in total. The highest BCUT2D eigenvalue weighted by Gasteiger charge is 2.39. The summed E-state index contributed by atoms with van der Waals surface area (Å²) >= 11 is 7.01. The zero-order valence-corrected chi connectivity index (χ0v) is 14.8. The minimum Gasteiger partial charge on any atom is -0.457 e. The van der Waals surface area contributed by atoms with E-state index in [1.807, 2.05) is 24.3 Å². The molecule has 0 saturated carbocycles. The SMILES string of the molecule is CC(=O)Nc1sc(Cl)cc1C(=O)OC1Cc2ccccc2C1C(N)=O. The fraction of sp³-hybridized carbons (Fsp3) is 0.235. The lowest BCUT2D eigenvalue weighted by Crippen LogP contribution is -2.32. The predicted octanol–water partition coefficient (Wildman–Crippen LogP) is 2.71. The number of fused-ring (bicyclic) bond motifs is 1. The molecule has 1 heterocycles. The van der Waals surface area contributed by atoms with Gasteiger partial charge >= 0.3 is 5.97 Å². The van der Waals surface area contributed by atoms with Gasteiger partial charge in [-0.1, -0.05) is 35.9 Å². The molecular formula is C17H15ClN2O4S. The van der Waals surface area contributed by atoms with Crippen LogP contribution in [0.2, 0.25) is 4.34 Å². The summed E-state index contributed by atoms with van der Waals surface area (Å²) < 4.78 is 5.89. The first kappa shape index (κ1) is 17.4. The van der Waals surface area contributed by atoms with Crippen molar-refractivity contribution in [2.75, 3.05) is 5.32 Å². The number of hydrogen-bond donors (Lipinski definition) is 2. The van der Waals surface area contributed by atoms with E-state index in [0.717, 1.165) is 22.5 Å². The maximum absolute atomic E-state index is 12.6. The van der Waals surface area contributed by atoms with Gasteiger partial charge in [-0.15, -0.1) is 11.3 Å². The first-order valence-electron chi connectivity index (χ1n) is 7.52. The normalized spacial score (nSPS) is 18.5. The molecule has 6 nitrogen and oxygen atoms in total. The second kappa shape index (κ2) is 6.85. The highest BCUT2D eigenvalue weighted by molar-refractivity contribution is 7.20. The van der Waals surface area contributed by atoms with Crippen molar-refractivity contribution in [1.82, 2.24) is 0 Å². The Bertz CT molecular complexity index is 864. The van der Waals surface area contributed by atoms with Gasteiger partial charge in [0, 0.05) is 13.3 Å². The molecule has 2 atom stereocenters. The molecule has 2 amide bonds. The van der Waals surface area contributed by atoms with Crippen LogP contribution in [0, 0.1) is 0 Å². The van der Waals surface area contributed by atoms with Crippen LogP contribution in [0.5, 0.6) is 0 Å². The van der Waals surface area contributed by atoms with Crippen LogP contribution in [0.25, 0.3) is 0 Å². The number of carbonyl (C=O) groups is 3. The van der Waals surface area contributed by atoms with Crippen LogP contribution < -0.4 is 11.1 Å². The Morgan fingerprint density at radius 1 is 1.32 bits per heavy atom. The Balaban J connectivity index is 1.84. The van der Waals surface area contributed by atoms with Crippen molar-refractivity contribution in [1.29, 1.82) is 0 Å². The molecule has 1 aromatic carbocycles. The van der Waals surface area contributed by atoms with E-state index in [1.54, 1.807) is 0 Å². The van der Waals surface area contributed by atoms with Gasteiger partial charge in [0.25, 0.3) is 0 Å². The summed E-state index contributed by atoms with van der Waals surface area (Å²) in [6.07, 6.45) is -0.283. The van der Waals surface area contributed by atoms with Crippen molar-refractivity contribution in [3.05, 3.63) is 51.4 Å². The summed E-state index contributed by atoms with van der Waals surface area (Å²) in [5.41, 5.74) is 7.37. The number of ether oxygens (including phenoxy) is 1. The second-order valence-electron chi connectivity index (χ2n) is 5.70. The molecule has 3 rings (SSSR count). The van der Waals surface area contributed by atoms with Gasteiger partial charge in [0.2, 0.25) is 11.8 Å². The zero-order chi connectivity index (χ0) is 18.1. The van der Waals surface area contributed by atoms with Crippen molar-refractivity contribution in [3.63, 3.8) is 0 Å². The Hall–Kier alpha value is -2.38. The predicted molar refractivity (Wildman–Crippen MR) is 94.9 cm³/mol. The first-order chi connectivity index (χ1) is 11.9. The lowest BCUT2D eigenvalue weighted by molar-refractivity contribution is -0.121. The number of anilines is 1. The standard InChI is InChI=1S/C17H15ClN2O4S/c1-8(21)20-16-11(7-13(18)25-16)17(23)24-12-6-9-4-2-3-5-10(9)14(12)15(19)22/h2-5,7,12,14H,6H2,1H3,(H2,19,22)(H,20,21). The monoisotopic (exact) mass is 378 g/mol. The van der Waals surface area contributed by atoms with Crippen LogP contribution in [0.1, 0.15) is 34.3 Å². The fourth-order valence-electron chi connectivity index (χ4n) is 2.97. The maximum Gasteiger partial charge on any atom is 0.341 e. The van der Waals surface area contributed by atoms with Gasteiger partial charge in [0.05, 0.1) is 9.90 Å². The Morgan fingerprint density at radius 2 is 2.04 bits per heavy atom. The number of benzene rings is 1. The Kier molecular flexibility index (Phi) is 4.78. The lowest BCUT2D eigenvalue weighted by Gasteiger charge is -2.18. The third kappa shape index (κ3) is 3.52. The number of primary amides is 1. The summed E-state index contributed by atoms with van der Waals surface area (Å²) in [5.74, 6) is -2.22. The van der Waals surface area contributed by atoms with Gasteiger partial charge in [-0.05, 0) is 17.2 Å². The number of thiophene rings is 1. The van der Waals surface area contributed by atoms with E-state index >= 15 is 0 Å². The van der Waals surface area contributed by atoms with Crippen LogP contribution in [-0.4, -0.2) is 23.9 Å². The topological polar surface area (TPSA) is 98.5 Å². The van der Waals surface area contributed by atoms with Crippen molar-refractivity contribution in [2.45, 2.75) is 25.4 Å². The molecule has 2 unspecified atom stereocenters. The number of hydrogen-bond acceptors (Lipinski definition) is 5. The molecule has 1 aliphatic rings. The lowest BCUT2D eigenvalue weighted by atomic mass is 9.99. The molecule has 130 valence electrons. The van der Waals surface area contributed by atoms with Crippen LogP contribution in [-0.2, 0) is 20.7 Å². The third-order valence-corrected chi connectivity index (χ3v) is 5.14. The number of nitrogens with two attached hydrogens (primary N) is 1. The summed E-state index contributed by atoms with van der Waals surface area (Å²) in [6, 6.07) is 8.79. The van der Waals surface area contributed by atoms with E-state index in [0.29, 0.717) is 15.8 Å². The number of halogens is 1. The molecule has 0 spiro atoms. The summed E-state index contributed by atoms with van der Waals surface area (Å²) in [4.78, 5) is 35.7. The van der Waals surface area contributed by atoms with Gasteiger partial charge < -0.3 is 15.8 Å². The van der Waals surface area contributed by atoms with E-state index < -0.39 is 23.9 Å². The summed E-state index contributed by atoms with van der Waals surface area (Å²) in [6.45, 7) is 1.33. The average molecular weight is 379 g/mol. The van der Waals surface area contributed by atoms with E-state index in [9.17, 15) is 14.4 Å². The number of carbonyl (C=O) groups excluding carboxylic acids is 3. The van der Waals surface area contributed by atoms with Gasteiger partial charge in [0.15, 0.2) is 0 Å². The number of esters is 1. The highest BCUT2D eigenvalue weighted by Crippen LogP contribution is 2.37. The molecule has 8 heteroatoms. The van der Waals surface area contributed by atoms with Gasteiger partial charge in [-0.3, -0.25) is 9.59 Å². The van der Waals surface area contributed by atoms with Crippen molar-refractivity contribution in [3.8, 4) is 0 Å². The zero-order valence-electron chi connectivity index (χ0n) is 13.2. The minimum atomic E-state index is -0.696. The molecule has 1 aliphatic carbocycles. The molecule has 1 aromatic heterocycles. The minimum absolute atomic E-state index is 0.157. The van der Waals surface area contributed by atoms with Crippen molar-refractivity contribution < 1.29 is 19.1 Å².